The van der Waals surface area contributed by atoms with Crippen molar-refractivity contribution in [1.82, 2.24) is 19.8 Å². The van der Waals surface area contributed by atoms with Crippen molar-refractivity contribution in [2.75, 3.05) is 6.54 Å². The minimum absolute atomic E-state index is 0.209. The highest BCUT2D eigenvalue weighted by molar-refractivity contribution is 5.73. The van der Waals surface area contributed by atoms with Gasteiger partial charge in [0.25, 0.3) is 0 Å². The maximum atomic E-state index is 12.4. The molecule has 3 heterocycles. The Morgan fingerprint density at radius 2 is 1.86 bits per heavy atom. The summed E-state index contributed by atoms with van der Waals surface area (Å²) in [6, 6.07) is 11.7. The summed E-state index contributed by atoms with van der Waals surface area (Å²) in [5.74, 6) is 1.10. The predicted molar refractivity (Wildman–Crippen MR) is 110 cm³/mol. The van der Waals surface area contributed by atoms with Crippen LogP contribution in [-0.2, 0) is 17.8 Å². The van der Waals surface area contributed by atoms with Crippen LogP contribution in [0.3, 0.4) is 0 Å². The fourth-order valence-corrected chi connectivity index (χ4v) is 4.95. The molecule has 2 saturated heterocycles. The van der Waals surface area contributed by atoms with Crippen molar-refractivity contribution >= 4 is 5.91 Å². The van der Waals surface area contributed by atoms with E-state index in [1.807, 2.05) is 12.4 Å². The second kappa shape index (κ2) is 8.39. The van der Waals surface area contributed by atoms with E-state index < -0.39 is 0 Å². The van der Waals surface area contributed by atoms with Gasteiger partial charge in [-0.15, -0.1) is 0 Å². The second-order valence-corrected chi connectivity index (χ2v) is 8.04. The van der Waals surface area contributed by atoms with E-state index in [1.165, 1.54) is 12.0 Å². The average Bonchev–Trinajstić information content (AvgIpc) is 2.93. The largest absolute Gasteiger partial charge is 0.338 e. The zero-order valence-corrected chi connectivity index (χ0v) is 16.9. The molecule has 0 spiro atoms. The summed E-state index contributed by atoms with van der Waals surface area (Å²) in [5.41, 5.74) is 2.49. The van der Waals surface area contributed by atoms with E-state index in [2.05, 4.69) is 57.0 Å². The zero-order chi connectivity index (χ0) is 19.5. The molecule has 2 aromatic rings. The van der Waals surface area contributed by atoms with Crippen LogP contribution in [0.5, 0.6) is 0 Å². The molecule has 2 aliphatic rings. The van der Waals surface area contributed by atoms with Crippen LogP contribution < -0.4 is 0 Å². The standard InChI is InChI=1S/C23H30N4O/c1-3-23-24-14-18(15-25-23)16-27-20-11-7-8-12-26(17(2)28)22(20)13-21(27)19-9-5-4-6-10-19/h4-6,9-10,14-15,20-22H,3,7-8,11-13,16H2,1-2H3/t20-,21-,22+/m0/s1. The van der Waals surface area contributed by atoms with Gasteiger partial charge in [-0.05, 0) is 24.8 Å². The van der Waals surface area contributed by atoms with Gasteiger partial charge < -0.3 is 4.90 Å². The first kappa shape index (κ1) is 19.1. The smallest absolute Gasteiger partial charge is 0.219 e. The lowest BCUT2D eigenvalue weighted by molar-refractivity contribution is -0.131. The number of fused-ring (bicyclic) bond motifs is 1. The maximum absolute atomic E-state index is 12.4. The van der Waals surface area contributed by atoms with E-state index in [1.54, 1.807) is 6.92 Å². The van der Waals surface area contributed by atoms with Crippen LogP contribution in [0.1, 0.15) is 62.5 Å². The molecule has 0 radical (unpaired) electrons. The van der Waals surface area contributed by atoms with Crippen molar-refractivity contribution in [2.24, 2.45) is 0 Å². The monoisotopic (exact) mass is 378 g/mol. The van der Waals surface area contributed by atoms with Crippen molar-refractivity contribution in [3.63, 3.8) is 0 Å². The van der Waals surface area contributed by atoms with Gasteiger partial charge in [0.2, 0.25) is 5.91 Å². The maximum Gasteiger partial charge on any atom is 0.219 e. The average molecular weight is 379 g/mol. The molecule has 5 heteroatoms. The molecule has 5 nitrogen and oxygen atoms in total. The number of benzene rings is 1. The first-order chi connectivity index (χ1) is 13.7. The van der Waals surface area contributed by atoms with E-state index in [4.69, 9.17) is 0 Å². The van der Waals surface area contributed by atoms with Crippen LogP contribution in [0.4, 0.5) is 0 Å². The van der Waals surface area contributed by atoms with Gasteiger partial charge in [-0.25, -0.2) is 9.97 Å². The molecule has 1 amide bonds. The molecule has 2 aliphatic heterocycles. The number of hydrogen-bond donors (Lipinski definition) is 0. The van der Waals surface area contributed by atoms with Crippen molar-refractivity contribution in [1.29, 1.82) is 0 Å². The fraction of sp³-hybridized carbons (Fsp3) is 0.522. The summed E-state index contributed by atoms with van der Waals surface area (Å²) in [6.07, 6.45) is 9.23. The van der Waals surface area contributed by atoms with E-state index in [-0.39, 0.29) is 5.91 Å². The van der Waals surface area contributed by atoms with Crippen molar-refractivity contribution in [3.8, 4) is 0 Å². The van der Waals surface area contributed by atoms with E-state index in [0.29, 0.717) is 18.1 Å². The molecule has 0 unspecified atom stereocenters. The topological polar surface area (TPSA) is 49.3 Å². The van der Waals surface area contributed by atoms with Crippen LogP contribution in [0.15, 0.2) is 42.7 Å². The zero-order valence-electron chi connectivity index (χ0n) is 16.9. The fourth-order valence-electron chi connectivity index (χ4n) is 4.95. The number of likely N-dealkylation sites (tertiary alicyclic amines) is 2. The van der Waals surface area contributed by atoms with Gasteiger partial charge in [0.1, 0.15) is 5.82 Å². The summed E-state index contributed by atoms with van der Waals surface area (Å²) in [4.78, 5) is 26.1. The number of carbonyl (C=O) groups is 1. The van der Waals surface area contributed by atoms with Gasteiger partial charge >= 0.3 is 0 Å². The van der Waals surface area contributed by atoms with Crippen molar-refractivity contribution in [2.45, 2.75) is 70.6 Å². The summed E-state index contributed by atoms with van der Waals surface area (Å²) >= 11 is 0. The van der Waals surface area contributed by atoms with Gasteiger partial charge in [0.15, 0.2) is 0 Å². The Kier molecular flexibility index (Phi) is 5.72. The second-order valence-electron chi connectivity index (χ2n) is 8.04. The van der Waals surface area contributed by atoms with Gasteiger partial charge in [0, 0.05) is 62.5 Å². The summed E-state index contributed by atoms with van der Waals surface area (Å²) in [6.45, 7) is 5.52. The minimum atomic E-state index is 0.209. The molecular formula is C23H30N4O. The number of rotatable bonds is 4. The molecule has 0 bridgehead atoms. The molecular weight excluding hydrogens is 348 g/mol. The molecule has 2 fully saturated rings. The van der Waals surface area contributed by atoms with Crippen LogP contribution in [-0.4, -0.2) is 44.3 Å². The lowest BCUT2D eigenvalue weighted by Gasteiger charge is -2.33. The van der Waals surface area contributed by atoms with Gasteiger partial charge in [-0.2, -0.15) is 0 Å². The highest BCUT2D eigenvalue weighted by Gasteiger charge is 2.45. The van der Waals surface area contributed by atoms with Gasteiger partial charge in [0.05, 0.1) is 0 Å². The third-order valence-electron chi connectivity index (χ3n) is 6.31. The Labute approximate surface area is 167 Å². The number of nitrogens with zero attached hydrogens (tertiary/aromatic N) is 4. The van der Waals surface area contributed by atoms with E-state index in [0.717, 1.165) is 50.2 Å². The number of aromatic nitrogens is 2. The first-order valence-electron chi connectivity index (χ1n) is 10.5. The Morgan fingerprint density at radius 3 is 2.54 bits per heavy atom. The quantitative estimate of drug-likeness (QED) is 0.813. The molecule has 3 atom stereocenters. The molecule has 28 heavy (non-hydrogen) atoms. The molecule has 1 aromatic carbocycles. The predicted octanol–water partition coefficient (Wildman–Crippen LogP) is 3.76. The molecule has 0 N–H and O–H groups in total. The Morgan fingerprint density at radius 1 is 1.11 bits per heavy atom. The van der Waals surface area contributed by atoms with Crippen molar-refractivity contribution in [3.05, 3.63) is 59.7 Å². The number of hydrogen-bond acceptors (Lipinski definition) is 4. The van der Waals surface area contributed by atoms with Crippen LogP contribution >= 0.6 is 0 Å². The normalized spacial score (nSPS) is 25.4. The van der Waals surface area contributed by atoms with Crippen LogP contribution in [0.2, 0.25) is 0 Å². The highest BCUT2D eigenvalue weighted by atomic mass is 16.2. The first-order valence-corrected chi connectivity index (χ1v) is 10.5. The minimum Gasteiger partial charge on any atom is -0.338 e. The van der Waals surface area contributed by atoms with Crippen molar-refractivity contribution < 1.29 is 4.79 Å². The third-order valence-corrected chi connectivity index (χ3v) is 6.31. The highest BCUT2D eigenvalue weighted by Crippen LogP contribution is 2.42. The number of amides is 1. The van der Waals surface area contributed by atoms with Crippen LogP contribution in [0, 0.1) is 0 Å². The molecule has 0 aliphatic carbocycles. The van der Waals surface area contributed by atoms with Crippen LogP contribution in [0.25, 0.3) is 0 Å². The van der Waals surface area contributed by atoms with Gasteiger partial charge in [-0.1, -0.05) is 43.7 Å². The Balaban J connectivity index is 1.66. The summed E-state index contributed by atoms with van der Waals surface area (Å²) in [5, 5.41) is 0. The Hall–Kier alpha value is -2.27. The summed E-state index contributed by atoms with van der Waals surface area (Å²) in [7, 11) is 0. The number of aryl methyl sites for hydroxylation is 1. The third kappa shape index (κ3) is 3.81. The number of carbonyl (C=O) groups excluding carboxylic acids is 1. The Bertz CT molecular complexity index is 792. The van der Waals surface area contributed by atoms with Gasteiger partial charge in [-0.3, -0.25) is 9.69 Å². The lowest BCUT2D eigenvalue weighted by Crippen LogP contribution is -2.45. The molecule has 1 aromatic heterocycles. The summed E-state index contributed by atoms with van der Waals surface area (Å²) < 4.78 is 0. The molecule has 4 rings (SSSR count). The van der Waals surface area contributed by atoms with E-state index in [9.17, 15) is 4.79 Å². The molecule has 148 valence electrons. The molecule has 0 saturated carbocycles. The SMILES string of the molecule is CCc1ncc(CN2[C@H](c3ccccc3)C[C@@H]3[C@@H]2CCCCN3C(C)=O)cn1. The lowest BCUT2D eigenvalue weighted by atomic mass is 10.0. The van der Waals surface area contributed by atoms with E-state index >= 15 is 0 Å².